The highest BCUT2D eigenvalue weighted by molar-refractivity contribution is 5.87. The summed E-state index contributed by atoms with van der Waals surface area (Å²) in [5.74, 6) is -1.17. The Labute approximate surface area is 120 Å². The molecule has 2 rings (SSSR count). The molecular formula is C14H14FN3O3. The maximum atomic E-state index is 12.8. The van der Waals surface area contributed by atoms with Crippen molar-refractivity contribution in [1.82, 2.24) is 15.1 Å². The van der Waals surface area contributed by atoms with Gasteiger partial charge in [-0.1, -0.05) is 0 Å². The second kappa shape index (κ2) is 6.65. The van der Waals surface area contributed by atoms with Crippen molar-refractivity contribution in [1.29, 1.82) is 0 Å². The largest absolute Gasteiger partial charge is 0.460 e. The predicted octanol–water partition coefficient (Wildman–Crippen LogP) is 1.30. The molecule has 0 aliphatic heterocycles. The minimum absolute atomic E-state index is 0.0120. The van der Waals surface area contributed by atoms with E-state index in [1.165, 1.54) is 29.9 Å². The summed E-state index contributed by atoms with van der Waals surface area (Å²) in [6.45, 7) is -0.0120. The van der Waals surface area contributed by atoms with Gasteiger partial charge in [-0.05, 0) is 30.3 Å². The van der Waals surface area contributed by atoms with Gasteiger partial charge in [0.1, 0.15) is 12.4 Å². The third kappa shape index (κ3) is 3.88. The van der Waals surface area contributed by atoms with Crippen LogP contribution in [0.3, 0.4) is 0 Å². The number of amides is 1. The summed E-state index contributed by atoms with van der Waals surface area (Å²) in [5, 5.41) is 6.48. The summed E-state index contributed by atoms with van der Waals surface area (Å²) in [6.07, 6.45) is 1.67. The average Bonchev–Trinajstić information content (AvgIpc) is 2.97. The quantitative estimate of drug-likeness (QED) is 0.843. The molecule has 7 heteroatoms. The van der Waals surface area contributed by atoms with E-state index in [4.69, 9.17) is 4.74 Å². The van der Waals surface area contributed by atoms with Gasteiger partial charge in [0.25, 0.3) is 0 Å². The molecule has 2 aromatic rings. The molecule has 0 aliphatic carbocycles. The van der Waals surface area contributed by atoms with Gasteiger partial charge in [0.2, 0.25) is 5.91 Å². The maximum absolute atomic E-state index is 12.8. The summed E-state index contributed by atoms with van der Waals surface area (Å²) < 4.78 is 19.2. The molecule has 21 heavy (non-hydrogen) atoms. The van der Waals surface area contributed by atoms with Crippen molar-refractivity contribution in [3.05, 3.63) is 48.0 Å². The van der Waals surface area contributed by atoms with Gasteiger partial charge in [0, 0.05) is 13.2 Å². The Hall–Kier alpha value is -2.70. The zero-order valence-corrected chi connectivity index (χ0v) is 11.4. The van der Waals surface area contributed by atoms with Crippen molar-refractivity contribution >= 4 is 11.9 Å². The summed E-state index contributed by atoms with van der Waals surface area (Å²) in [5.41, 5.74) is 0.747. The first-order valence-corrected chi connectivity index (χ1v) is 6.29. The molecule has 1 heterocycles. The molecule has 0 atom stereocenters. The smallest absolute Gasteiger partial charge is 0.358 e. The number of aromatic nitrogens is 2. The molecule has 1 N–H and O–H groups in total. The van der Waals surface area contributed by atoms with Crippen LogP contribution in [0.1, 0.15) is 16.9 Å². The standard InChI is InChI=1S/C14H14FN3O3/c1-16-13(19)7-9-21-14(20)12-6-8-18(17-12)11-4-2-10(15)3-5-11/h2-6,8H,7,9H2,1H3,(H,16,19). The number of benzene rings is 1. The van der Waals surface area contributed by atoms with Crippen LogP contribution >= 0.6 is 0 Å². The Morgan fingerprint density at radius 1 is 1.29 bits per heavy atom. The first kappa shape index (κ1) is 14.7. The minimum atomic E-state index is -0.611. The third-order valence-corrected chi connectivity index (χ3v) is 2.73. The van der Waals surface area contributed by atoms with Crippen molar-refractivity contribution in [3.8, 4) is 5.69 Å². The Balaban J connectivity index is 1.97. The van der Waals surface area contributed by atoms with E-state index in [9.17, 15) is 14.0 Å². The topological polar surface area (TPSA) is 73.2 Å². The zero-order chi connectivity index (χ0) is 15.2. The lowest BCUT2D eigenvalue weighted by Crippen LogP contribution is -2.20. The number of halogens is 1. The van der Waals surface area contributed by atoms with Gasteiger partial charge >= 0.3 is 5.97 Å². The molecule has 0 unspecified atom stereocenters. The second-order valence-electron chi connectivity index (χ2n) is 4.18. The Morgan fingerprint density at radius 3 is 2.67 bits per heavy atom. The third-order valence-electron chi connectivity index (χ3n) is 2.73. The molecule has 0 fully saturated rings. The zero-order valence-electron chi connectivity index (χ0n) is 11.4. The summed E-state index contributed by atoms with van der Waals surface area (Å²) in [4.78, 5) is 22.7. The van der Waals surface area contributed by atoms with Crippen LogP contribution < -0.4 is 5.32 Å². The van der Waals surface area contributed by atoms with Crippen LogP contribution in [0.25, 0.3) is 5.69 Å². The van der Waals surface area contributed by atoms with Crippen LogP contribution in [-0.2, 0) is 9.53 Å². The van der Waals surface area contributed by atoms with Gasteiger partial charge in [-0.25, -0.2) is 13.9 Å². The predicted molar refractivity (Wildman–Crippen MR) is 72.5 cm³/mol. The van der Waals surface area contributed by atoms with E-state index in [-0.39, 0.29) is 30.4 Å². The number of carbonyl (C=O) groups is 2. The fourth-order valence-corrected chi connectivity index (χ4v) is 1.61. The number of hydrogen-bond acceptors (Lipinski definition) is 4. The van der Waals surface area contributed by atoms with E-state index in [0.717, 1.165) is 0 Å². The molecule has 110 valence electrons. The van der Waals surface area contributed by atoms with Crippen molar-refractivity contribution in [2.24, 2.45) is 0 Å². The normalized spacial score (nSPS) is 10.2. The number of nitrogens with one attached hydrogen (secondary N) is 1. The number of esters is 1. The van der Waals surface area contributed by atoms with E-state index in [2.05, 4.69) is 10.4 Å². The van der Waals surface area contributed by atoms with Crippen LogP contribution in [-0.4, -0.2) is 35.3 Å². The monoisotopic (exact) mass is 291 g/mol. The SMILES string of the molecule is CNC(=O)CCOC(=O)c1ccn(-c2ccc(F)cc2)n1. The molecule has 0 saturated carbocycles. The number of hydrogen-bond donors (Lipinski definition) is 1. The van der Waals surface area contributed by atoms with Gasteiger partial charge in [-0.2, -0.15) is 5.10 Å². The first-order chi connectivity index (χ1) is 10.1. The molecule has 0 saturated heterocycles. The Bertz CT molecular complexity index is 637. The maximum Gasteiger partial charge on any atom is 0.358 e. The van der Waals surface area contributed by atoms with Gasteiger partial charge in [0.05, 0.1) is 12.1 Å². The molecule has 1 amide bonds. The van der Waals surface area contributed by atoms with Gasteiger partial charge in [-0.3, -0.25) is 4.79 Å². The van der Waals surface area contributed by atoms with Gasteiger partial charge in [0.15, 0.2) is 5.69 Å². The molecule has 0 aliphatic rings. The lowest BCUT2D eigenvalue weighted by molar-refractivity contribution is -0.121. The van der Waals surface area contributed by atoms with E-state index >= 15 is 0 Å². The highest BCUT2D eigenvalue weighted by Crippen LogP contribution is 2.09. The van der Waals surface area contributed by atoms with Crippen molar-refractivity contribution in [2.75, 3.05) is 13.7 Å². The summed E-state index contributed by atoms with van der Waals surface area (Å²) >= 11 is 0. The number of carbonyl (C=O) groups excluding carboxylic acids is 2. The molecule has 0 radical (unpaired) electrons. The molecule has 1 aromatic heterocycles. The molecule has 1 aromatic carbocycles. The van der Waals surface area contributed by atoms with Crippen molar-refractivity contribution in [2.45, 2.75) is 6.42 Å². The molecule has 6 nitrogen and oxygen atoms in total. The number of ether oxygens (including phenoxy) is 1. The average molecular weight is 291 g/mol. The minimum Gasteiger partial charge on any atom is -0.460 e. The van der Waals surface area contributed by atoms with E-state index < -0.39 is 5.97 Å². The Morgan fingerprint density at radius 2 is 2.00 bits per heavy atom. The fraction of sp³-hybridized carbons (Fsp3) is 0.214. The Kier molecular flexibility index (Phi) is 4.65. The molecular weight excluding hydrogens is 277 g/mol. The van der Waals surface area contributed by atoms with Gasteiger partial charge < -0.3 is 10.1 Å². The second-order valence-corrected chi connectivity index (χ2v) is 4.18. The van der Waals surface area contributed by atoms with E-state index in [1.54, 1.807) is 18.3 Å². The van der Waals surface area contributed by atoms with Gasteiger partial charge in [-0.15, -0.1) is 0 Å². The van der Waals surface area contributed by atoms with Crippen molar-refractivity contribution < 1.29 is 18.7 Å². The first-order valence-electron chi connectivity index (χ1n) is 6.29. The van der Waals surface area contributed by atoms with E-state index in [1.807, 2.05) is 0 Å². The summed E-state index contributed by atoms with van der Waals surface area (Å²) in [7, 11) is 1.51. The molecule has 0 spiro atoms. The van der Waals surface area contributed by atoms with Crippen LogP contribution in [0, 0.1) is 5.82 Å². The van der Waals surface area contributed by atoms with E-state index in [0.29, 0.717) is 5.69 Å². The summed E-state index contributed by atoms with van der Waals surface area (Å²) in [6, 6.07) is 7.19. The van der Waals surface area contributed by atoms with Crippen LogP contribution in [0.5, 0.6) is 0 Å². The molecule has 0 bridgehead atoms. The lowest BCUT2D eigenvalue weighted by atomic mass is 10.3. The van der Waals surface area contributed by atoms with Crippen molar-refractivity contribution in [3.63, 3.8) is 0 Å². The van der Waals surface area contributed by atoms with Crippen LogP contribution in [0.4, 0.5) is 4.39 Å². The highest BCUT2D eigenvalue weighted by Gasteiger charge is 2.12. The lowest BCUT2D eigenvalue weighted by Gasteiger charge is -2.02. The highest BCUT2D eigenvalue weighted by atomic mass is 19.1. The van der Waals surface area contributed by atoms with Crippen LogP contribution in [0.15, 0.2) is 36.5 Å². The van der Waals surface area contributed by atoms with Crippen LogP contribution in [0.2, 0.25) is 0 Å². The fourth-order valence-electron chi connectivity index (χ4n) is 1.61. The number of nitrogens with zero attached hydrogens (tertiary/aromatic N) is 2. The number of rotatable bonds is 5.